The lowest BCUT2D eigenvalue weighted by Gasteiger charge is -2.17. The van der Waals surface area contributed by atoms with Gasteiger partial charge < -0.3 is 14.4 Å². The number of amides is 1. The van der Waals surface area contributed by atoms with Crippen molar-refractivity contribution in [3.8, 4) is 11.8 Å². The first-order valence-corrected chi connectivity index (χ1v) is 8.24. The normalized spacial score (nSPS) is 10.6. The Hall–Kier alpha value is -3.59. The Bertz CT molecular complexity index is 869. The molecular weight excluding hydrogens is 344 g/mol. The Labute approximate surface area is 158 Å². The SMILES string of the molecule is COc1cccc(/C=C(\C#N)C(=O)OCC(=O)N(C)Cc2ccccc2)c1. The van der Waals surface area contributed by atoms with Gasteiger partial charge in [0.25, 0.3) is 5.91 Å². The van der Waals surface area contributed by atoms with E-state index in [1.54, 1.807) is 37.4 Å². The van der Waals surface area contributed by atoms with E-state index in [-0.39, 0.29) is 11.5 Å². The summed E-state index contributed by atoms with van der Waals surface area (Å²) in [6.45, 7) is -0.0265. The number of carbonyl (C=O) groups is 2. The van der Waals surface area contributed by atoms with Gasteiger partial charge in [0.2, 0.25) is 0 Å². The highest BCUT2D eigenvalue weighted by atomic mass is 16.5. The van der Waals surface area contributed by atoms with Gasteiger partial charge in [0.05, 0.1) is 7.11 Å². The van der Waals surface area contributed by atoms with Crippen molar-refractivity contribution in [1.82, 2.24) is 4.90 Å². The molecule has 0 bridgehead atoms. The van der Waals surface area contributed by atoms with Crippen LogP contribution in [0.25, 0.3) is 6.08 Å². The topological polar surface area (TPSA) is 79.6 Å². The number of nitriles is 1. The van der Waals surface area contributed by atoms with Crippen LogP contribution in [0.15, 0.2) is 60.2 Å². The highest BCUT2D eigenvalue weighted by molar-refractivity contribution is 5.98. The summed E-state index contributed by atoms with van der Waals surface area (Å²) >= 11 is 0. The second kappa shape index (κ2) is 9.78. The molecule has 2 aromatic carbocycles. The minimum atomic E-state index is -0.846. The third-order valence-electron chi connectivity index (χ3n) is 3.76. The summed E-state index contributed by atoms with van der Waals surface area (Å²) in [6, 6.07) is 18.2. The number of methoxy groups -OCH3 is 1. The molecule has 0 unspecified atom stereocenters. The van der Waals surface area contributed by atoms with Gasteiger partial charge >= 0.3 is 5.97 Å². The van der Waals surface area contributed by atoms with Crippen LogP contribution >= 0.6 is 0 Å². The van der Waals surface area contributed by atoms with E-state index in [1.165, 1.54) is 18.1 Å². The van der Waals surface area contributed by atoms with E-state index < -0.39 is 12.6 Å². The molecule has 0 saturated heterocycles. The average molecular weight is 364 g/mol. The zero-order chi connectivity index (χ0) is 19.6. The molecule has 0 N–H and O–H groups in total. The van der Waals surface area contributed by atoms with E-state index in [0.29, 0.717) is 17.9 Å². The average Bonchev–Trinajstić information content (AvgIpc) is 2.70. The minimum absolute atomic E-state index is 0.193. The summed E-state index contributed by atoms with van der Waals surface area (Å²) in [7, 11) is 3.15. The van der Waals surface area contributed by atoms with Crippen LogP contribution in [0.5, 0.6) is 5.75 Å². The van der Waals surface area contributed by atoms with E-state index in [4.69, 9.17) is 9.47 Å². The fourth-order valence-electron chi connectivity index (χ4n) is 2.30. The number of ether oxygens (including phenoxy) is 2. The van der Waals surface area contributed by atoms with Gasteiger partial charge in [-0.1, -0.05) is 42.5 Å². The van der Waals surface area contributed by atoms with Crippen molar-refractivity contribution in [1.29, 1.82) is 5.26 Å². The van der Waals surface area contributed by atoms with Crippen molar-refractivity contribution in [2.24, 2.45) is 0 Å². The van der Waals surface area contributed by atoms with E-state index in [2.05, 4.69) is 0 Å². The lowest BCUT2D eigenvalue weighted by atomic mass is 10.1. The molecular formula is C21H20N2O4. The van der Waals surface area contributed by atoms with Crippen molar-refractivity contribution in [3.63, 3.8) is 0 Å². The van der Waals surface area contributed by atoms with Crippen LogP contribution in [-0.4, -0.2) is 37.5 Å². The quantitative estimate of drug-likeness (QED) is 0.429. The van der Waals surface area contributed by atoms with Crippen molar-refractivity contribution >= 4 is 18.0 Å². The highest BCUT2D eigenvalue weighted by Crippen LogP contribution is 2.15. The highest BCUT2D eigenvalue weighted by Gasteiger charge is 2.16. The van der Waals surface area contributed by atoms with Gasteiger partial charge in [0.1, 0.15) is 17.4 Å². The molecule has 1 amide bonds. The van der Waals surface area contributed by atoms with Gasteiger partial charge in [0, 0.05) is 13.6 Å². The molecule has 0 atom stereocenters. The maximum atomic E-state index is 12.1. The van der Waals surface area contributed by atoms with Crippen molar-refractivity contribution < 1.29 is 19.1 Å². The monoisotopic (exact) mass is 364 g/mol. The molecule has 0 spiro atoms. The van der Waals surface area contributed by atoms with Gasteiger partial charge in [-0.2, -0.15) is 5.26 Å². The molecule has 0 fully saturated rings. The predicted molar refractivity (Wildman–Crippen MR) is 100 cm³/mol. The summed E-state index contributed by atoms with van der Waals surface area (Å²) in [5.41, 5.74) is 1.40. The lowest BCUT2D eigenvalue weighted by Crippen LogP contribution is -2.31. The van der Waals surface area contributed by atoms with Gasteiger partial charge in [0.15, 0.2) is 6.61 Å². The van der Waals surface area contributed by atoms with E-state index in [1.807, 2.05) is 30.3 Å². The molecule has 0 radical (unpaired) electrons. The van der Waals surface area contributed by atoms with Gasteiger partial charge in [-0.05, 0) is 29.3 Å². The second-order valence-corrected chi connectivity index (χ2v) is 5.76. The third kappa shape index (κ3) is 6.01. The zero-order valence-corrected chi connectivity index (χ0v) is 15.2. The fourth-order valence-corrected chi connectivity index (χ4v) is 2.30. The van der Waals surface area contributed by atoms with Crippen molar-refractivity contribution in [3.05, 3.63) is 71.3 Å². The van der Waals surface area contributed by atoms with Gasteiger partial charge in [-0.15, -0.1) is 0 Å². The Morgan fingerprint density at radius 2 is 1.89 bits per heavy atom. The smallest absolute Gasteiger partial charge is 0.349 e. The summed E-state index contributed by atoms with van der Waals surface area (Å²) < 4.78 is 10.1. The summed E-state index contributed by atoms with van der Waals surface area (Å²) in [4.78, 5) is 25.7. The number of hydrogen-bond acceptors (Lipinski definition) is 5. The lowest BCUT2D eigenvalue weighted by molar-refractivity contribution is -0.148. The molecule has 6 heteroatoms. The van der Waals surface area contributed by atoms with E-state index in [9.17, 15) is 14.9 Å². The molecule has 6 nitrogen and oxygen atoms in total. The Morgan fingerprint density at radius 3 is 2.56 bits per heavy atom. The van der Waals surface area contributed by atoms with Crippen LogP contribution < -0.4 is 4.74 Å². The van der Waals surface area contributed by atoms with Crippen LogP contribution in [0, 0.1) is 11.3 Å². The summed E-state index contributed by atoms with van der Waals surface area (Å²) in [6.07, 6.45) is 1.39. The van der Waals surface area contributed by atoms with Gasteiger partial charge in [-0.25, -0.2) is 4.79 Å². The van der Waals surface area contributed by atoms with Crippen LogP contribution in [0.4, 0.5) is 0 Å². The van der Waals surface area contributed by atoms with Crippen LogP contribution in [-0.2, 0) is 20.9 Å². The van der Waals surface area contributed by atoms with Crippen LogP contribution in [0.1, 0.15) is 11.1 Å². The maximum Gasteiger partial charge on any atom is 0.349 e. The fraction of sp³-hybridized carbons (Fsp3) is 0.190. The molecule has 0 aliphatic carbocycles. The molecule has 27 heavy (non-hydrogen) atoms. The van der Waals surface area contributed by atoms with Crippen LogP contribution in [0.3, 0.4) is 0 Å². The molecule has 0 aliphatic heterocycles. The maximum absolute atomic E-state index is 12.1. The number of esters is 1. The number of carbonyl (C=O) groups excluding carboxylic acids is 2. The van der Waals surface area contributed by atoms with Crippen LogP contribution in [0.2, 0.25) is 0 Å². The first-order valence-electron chi connectivity index (χ1n) is 8.24. The zero-order valence-electron chi connectivity index (χ0n) is 15.2. The Kier molecular flexibility index (Phi) is 7.15. The Balaban J connectivity index is 1.95. The standard InChI is InChI=1S/C21H20N2O4/c1-23(14-16-7-4-3-5-8-16)20(24)15-27-21(25)18(13-22)11-17-9-6-10-19(12-17)26-2/h3-12H,14-15H2,1-2H3/b18-11+. The molecule has 0 saturated carbocycles. The predicted octanol–water partition coefficient (Wildman–Crippen LogP) is 2.80. The largest absolute Gasteiger partial charge is 0.497 e. The second-order valence-electron chi connectivity index (χ2n) is 5.76. The Morgan fingerprint density at radius 1 is 1.15 bits per heavy atom. The van der Waals surface area contributed by atoms with Gasteiger partial charge in [-0.3, -0.25) is 4.79 Å². The molecule has 2 aromatic rings. The first kappa shape index (κ1) is 19.7. The third-order valence-corrected chi connectivity index (χ3v) is 3.76. The summed E-state index contributed by atoms with van der Waals surface area (Å²) in [5, 5.41) is 9.21. The number of hydrogen-bond donors (Lipinski definition) is 0. The molecule has 0 aromatic heterocycles. The van der Waals surface area contributed by atoms with E-state index >= 15 is 0 Å². The van der Waals surface area contributed by atoms with Crippen molar-refractivity contribution in [2.75, 3.05) is 20.8 Å². The number of benzene rings is 2. The number of likely N-dealkylation sites (N-methyl/N-ethyl adjacent to an activating group) is 1. The molecule has 0 heterocycles. The number of rotatable bonds is 7. The first-order chi connectivity index (χ1) is 13.0. The van der Waals surface area contributed by atoms with Crippen molar-refractivity contribution in [2.45, 2.75) is 6.54 Å². The minimum Gasteiger partial charge on any atom is -0.497 e. The number of nitrogens with zero attached hydrogens (tertiary/aromatic N) is 2. The molecule has 138 valence electrons. The summed E-state index contributed by atoms with van der Waals surface area (Å²) in [5.74, 6) is -0.597. The molecule has 2 rings (SSSR count). The molecule has 0 aliphatic rings. The van der Waals surface area contributed by atoms with E-state index in [0.717, 1.165) is 5.56 Å².